The molecule has 0 spiro atoms. The van der Waals surface area contributed by atoms with Crippen molar-refractivity contribution >= 4 is 39.7 Å². The minimum atomic E-state index is -0.488. The molecule has 1 aromatic carbocycles. The van der Waals surface area contributed by atoms with Gasteiger partial charge in [-0.2, -0.15) is 0 Å². The Labute approximate surface area is 181 Å². The summed E-state index contributed by atoms with van der Waals surface area (Å²) in [6.07, 6.45) is 1.64. The average Bonchev–Trinajstić information content (AvgIpc) is 3.39. The van der Waals surface area contributed by atoms with E-state index in [1.807, 2.05) is 12.1 Å². The number of para-hydroxylation sites is 2. The first-order chi connectivity index (χ1) is 15.0. The molecule has 4 rings (SSSR count). The lowest BCUT2D eigenvalue weighted by Crippen LogP contribution is -2.23. The number of thiazole rings is 1. The summed E-state index contributed by atoms with van der Waals surface area (Å²) in [6, 6.07) is 10.5. The number of nitrogens with zero attached hydrogens (tertiary/aromatic N) is 5. The number of benzene rings is 1. The summed E-state index contributed by atoms with van der Waals surface area (Å²) in [5, 5.41) is 10.2. The van der Waals surface area contributed by atoms with Crippen LogP contribution in [0.25, 0.3) is 5.65 Å². The van der Waals surface area contributed by atoms with Gasteiger partial charge in [-0.15, -0.1) is 21.5 Å². The molecule has 0 aliphatic heterocycles. The Hall–Kier alpha value is -3.79. The highest BCUT2D eigenvalue weighted by atomic mass is 32.1. The summed E-state index contributed by atoms with van der Waals surface area (Å²) in [5.41, 5.74) is 2.16. The fourth-order valence-corrected chi connectivity index (χ4v) is 3.90. The topological polar surface area (TPSA) is 98.9 Å². The standard InChI is InChI=1S/C21H19N5O4S/c1-13-23-24-19-9-8-15(10-25(13)19)20(28)30-11-16-12-31-21(22-16)26(14(2)27)17-6-4-5-7-18(17)29-3/h4-10,12H,11H2,1-3H3. The number of carbonyl (C=O) groups excluding carboxylic acids is 2. The minimum Gasteiger partial charge on any atom is -0.495 e. The van der Waals surface area contributed by atoms with E-state index in [0.717, 1.165) is 0 Å². The van der Waals surface area contributed by atoms with Crippen LogP contribution in [0.3, 0.4) is 0 Å². The number of hydrogen-bond acceptors (Lipinski definition) is 8. The molecule has 158 valence electrons. The second-order valence-corrected chi connectivity index (χ2v) is 7.45. The average molecular weight is 437 g/mol. The van der Waals surface area contributed by atoms with Gasteiger partial charge in [-0.05, 0) is 31.2 Å². The minimum absolute atomic E-state index is 0.0216. The van der Waals surface area contributed by atoms with Crippen LogP contribution in [0.15, 0.2) is 48.0 Å². The third-order valence-corrected chi connectivity index (χ3v) is 5.41. The highest BCUT2D eigenvalue weighted by molar-refractivity contribution is 7.14. The van der Waals surface area contributed by atoms with Crippen LogP contribution < -0.4 is 9.64 Å². The van der Waals surface area contributed by atoms with Crippen LogP contribution in [0.1, 0.15) is 28.8 Å². The number of hydrogen-bond donors (Lipinski definition) is 0. The van der Waals surface area contributed by atoms with Crippen LogP contribution in [-0.2, 0) is 16.1 Å². The lowest BCUT2D eigenvalue weighted by Gasteiger charge is -2.20. The van der Waals surface area contributed by atoms with Gasteiger partial charge in [-0.25, -0.2) is 9.78 Å². The Morgan fingerprint density at radius 1 is 1.16 bits per heavy atom. The number of amides is 1. The number of esters is 1. The van der Waals surface area contributed by atoms with E-state index in [4.69, 9.17) is 9.47 Å². The molecule has 4 aromatic rings. The summed E-state index contributed by atoms with van der Waals surface area (Å²) >= 11 is 1.28. The Kier molecular flexibility index (Phi) is 5.63. The summed E-state index contributed by atoms with van der Waals surface area (Å²) in [7, 11) is 1.54. The van der Waals surface area contributed by atoms with Crippen molar-refractivity contribution in [3.05, 3.63) is 65.1 Å². The number of methoxy groups -OCH3 is 1. The quantitative estimate of drug-likeness (QED) is 0.425. The van der Waals surface area contributed by atoms with Crippen molar-refractivity contribution in [1.82, 2.24) is 19.6 Å². The van der Waals surface area contributed by atoms with Crippen LogP contribution in [-0.4, -0.2) is 38.6 Å². The van der Waals surface area contributed by atoms with E-state index < -0.39 is 5.97 Å². The first-order valence-electron chi connectivity index (χ1n) is 9.34. The summed E-state index contributed by atoms with van der Waals surface area (Å²) in [4.78, 5) is 30.7. The Morgan fingerprint density at radius 3 is 2.74 bits per heavy atom. The van der Waals surface area contributed by atoms with Gasteiger partial charge in [0.2, 0.25) is 5.91 Å². The zero-order valence-electron chi connectivity index (χ0n) is 17.1. The maximum atomic E-state index is 12.5. The summed E-state index contributed by atoms with van der Waals surface area (Å²) in [5.74, 6) is 0.535. The van der Waals surface area contributed by atoms with E-state index in [-0.39, 0.29) is 12.5 Å². The fourth-order valence-electron chi connectivity index (χ4n) is 3.04. The molecule has 3 aromatic heterocycles. The van der Waals surface area contributed by atoms with E-state index in [2.05, 4.69) is 15.2 Å². The van der Waals surface area contributed by atoms with E-state index in [0.29, 0.717) is 39.3 Å². The van der Waals surface area contributed by atoms with Crippen molar-refractivity contribution in [3.63, 3.8) is 0 Å². The second-order valence-electron chi connectivity index (χ2n) is 6.62. The zero-order chi connectivity index (χ0) is 22.0. The SMILES string of the molecule is COc1ccccc1N(C(C)=O)c1nc(COC(=O)c2ccc3nnc(C)n3c2)cs1. The maximum Gasteiger partial charge on any atom is 0.340 e. The molecular formula is C21H19N5O4S. The van der Waals surface area contributed by atoms with Crippen molar-refractivity contribution in [2.45, 2.75) is 20.5 Å². The van der Waals surface area contributed by atoms with Crippen LogP contribution in [0.4, 0.5) is 10.8 Å². The first-order valence-corrected chi connectivity index (χ1v) is 10.2. The lowest BCUT2D eigenvalue weighted by atomic mass is 10.2. The fraction of sp³-hybridized carbons (Fsp3) is 0.190. The number of fused-ring (bicyclic) bond motifs is 1. The number of rotatable bonds is 6. The van der Waals surface area contributed by atoms with Gasteiger partial charge in [0, 0.05) is 18.5 Å². The van der Waals surface area contributed by atoms with Crippen molar-refractivity contribution < 1.29 is 19.1 Å². The Balaban J connectivity index is 1.50. The van der Waals surface area contributed by atoms with E-state index in [1.165, 1.54) is 23.2 Å². The third kappa shape index (κ3) is 4.10. The molecule has 0 aliphatic rings. The molecule has 0 saturated carbocycles. The molecule has 0 N–H and O–H groups in total. The highest BCUT2D eigenvalue weighted by Gasteiger charge is 2.21. The van der Waals surface area contributed by atoms with Crippen molar-refractivity contribution in [1.29, 1.82) is 0 Å². The van der Waals surface area contributed by atoms with Crippen molar-refractivity contribution in [2.24, 2.45) is 0 Å². The van der Waals surface area contributed by atoms with Crippen LogP contribution >= 0.6 is 11.3 Å². The molecule has 9 nitrogen and oxygen atoms in total. The van der Waals surface area contributed by atoms with Gasteiger partial charge in [0.1, 0.15) is 18.2 Å². The highest BCUT2D eigenvalue weighted by Crippen LogP contribution is 2.35. The molecule has 0 aliphatic carbocycles. The Morgan fingerprint density at radius 2 is 1.97 bits per heavy atom. The summed E-state index contributed by atoms with van der Waals surface area (Å²) in [6.45, 7) is 3.23. The predicted octanol–water partition coefficient (Wildman–Crippen LogP) is 3.54. The van der Waals surface area contributed by atoms with Gasteiger partial charge in [-0.3, -0.25) is 14.1 Å². The van der Waals surface area contributed by atoms with Crippen LogP contribution in [0, 0.1) is 6.92 Å². The normalized spacial score (nSPS) is 10.8. The van der Waals surface area contributed by atoms with E-state index >= 15 is 0 Å². The Bertz CT molecular complexity index is 1270. The lowest BCUT2D eigenvalue weighted by molar-refractivity contribution is -0.115. The smallest absolute Gasteiger partial charge is 0.340 e. The molecule has 31 heavy (non-hydrogen) atoms. The molecule has 0 fully saturated rings. The van der Waals surface area contributed by atoms with Gasteiger partial charge in [0.25, 0.3) is 0 Å². The van der Waals surface area contributed by atoms with E-state index in [9.17, 15) is 9.59 Å². The summed E-state index contributed by atoms with van der Waals surface area (Å²) < 4.78 is 12.5. The predicted molar refractivity (Wildman–Crippen MR) is 115 cm³/mol. The van der Waals surface area contributed by atoms with Gasteiger partial charge >= 0.3 is 5.97 Å². The molecule has 0 atom stereocenters. The van der Waals surface area contributed by atoms with Crippen molar-refractivity contribution in [3.8, 4) is 5.75 Å². The van der Waals surface area contributed by atoms with Gasteiger partial charge in [-0.1, -0.05) is 12.1 Å². The monoisotopic (exact) mass is 437 g/mol. The molecule has 10 heteroatoms. The first kappa shape index (κ1) is 20.5. The molecule has 0 unspecified atom stereocenters. The number of pyridine rings is 1. The number of anilines is 2. The van der Waals surface area contributed by atoms with Crippen molar-refractivity contribution in [2.75, 3.05) is 12.0 Å². The van der Waals surface area contributed by atoms with Gasteiger partial charge < -0.3 is 9.47 Å². The van der Waals surface area contributed by atoms with Crippen LogP contribution in [0.5, 0.6) is 5.75 Å². The van der Waals surface area contributed by atoms with Gasteiger partial charge in [0.05, 0.1) is 24.1 Å². The molecule has 0 saturated heterocycles. The van der Waals surface area contributed by atoms with Gasteiger partial charge in [0.15, 0.2) is 10.8 Å². The third-order valence-electron chi connectivity index (χ3n) is 4.53. The maximum absolute atomic E-state index is 12.5. The number of aryl methyl sites for hydroxylation is 1. The molecule has 3 heterocycles. The molecule has 1 amide bonds. The zero-order valence-corrected chi connectivity index (χ0v) is 17.9. The van der Waals surface area contributed by atoms with E-state index in [1.54, 1.807) is 54.3 Å². The second kappa shape index (κ2) is 8.52. The van der Waals surface area contributed by atoms with Crippen LogP contribution in [0.2, 0.25) is 0 Å². The molecular weight excluding hydrogens is 418 g/mol. The number of ether oxygens (including phenoxy) is 2. The number of carbonyl (C=O) groups is 2. The molecule has 0 bridgehead atoms. The largest absolute Gasteiger partial charge is 0.495 e. The number of aromatic nitrogens is 4. The molecule has 0 radical (unpaired) electrons.